The van der Waals surface area contributed by atoms with Gasteiger partial charge in [0.2, 0.25) is 0 Å². The van der Waals surface area contributed by atoms with Gasteiger partial charge in [0.25, 0.3) is 5.91 Å². The van der Waals surface area contributed by atoms with Crippen molar-refractivity contribution in [3.05, 3.63) is 11.3 Å². The van der Waals surface area contributed by atoms with Crippen LogP contribution in [0.1, 0.15) is 24.1 Å². The van der Waals surface area contributed by atoms with Crippen molar-refractivity contribution in [1.29, 1.82) is 5.26 Å². The van der Waals surface area contributed by atoms with E-state index in [0.717, 1.165) is 31.0 Å². The zero-order valence-electron chi connectivity index (χ0n) is 11.6. The van der Waals surface area contributed by atoms with Crippen LogP contribution in [0.5, 0.6) is 0 Å². The first-order valence-corrected chi connectivity index (χ1v) is 7.23. The highest BCUT2D eigenvalue weighted by Gasteiger charge is 2.21. The second-order valence-corrected chi connectivity index (χ2v) is 5.41. The smallest absolute Gasteiger partial charge is 0.253 e. The minimum atomic E-state index is -0.192. The third-order valence-electron chi connectivity index (χ3n) is 3.19. The molecule has 1 aliphatic heterocycles. The number of aryl methyl sites for hydroxylation is 1. The number of rotatable bonds is 5. The summed E-state index contributed by atoms with van der Waals surface area (Å²) in [6.07, 6.45) is 2.14. The lowest BCUT2D eigenvalue weighted by Gasteiger charge is -2.16. The molecule has 0 saturated carbocycles. The van der Waals surface area contributed by atoms with Crippen LogP contribution < -0.4 is 4.90 Å². The fourth-order valence-electron chi connectivity index (χ4n) is 1.98. The Morgan fingerprint density at radius 1 is 1.70 bits per heavy atom. The summed E-state index contributed by atoms with van der Waals surface area (Å²) >= 11 is 1.15. The van der Waals surface area contributed by atoms with Crippen LogP contribution in [0.4, 0.5) is 5.00 Å². The summed E-state index contributed by atoms with van der Waals surface area (Å²) in [6.45, 7) is 2.95. The third kappa shape index (κ3) is 3.33. The van der Waals surface area contributed by atoms with Gasteiger partial charge >= 0.3 is 0 Å². The molecule has 20 heavy (non-hydrogen) atoms. The van der Waals surface area contributed by atoms with Crippen LogP contribution in [0.15, 0.2) is 0 Å². The van der Waals surface area contributed by atoms with Crippen molar-refractivity contribution >= 4 is 22.4 Å². The van der Waals surface area contributed by atoms with Crippen LogP contribution in [0.25, 0.3) is 0 Å². The van der Waals surface area contributed by atoms with E-state index in [1.807, 2.05) is 0 Å². The van der Waals surface area contributed by atoms with Gasteiger partial charge in [-0.25, -0.2) is 0 Å². The number of nitriles is 1. The van der Waals surface area contributed by atoms with Crippen LogP contribution in [-0.2, 0) is 14.3 Å². The van der Waals surface area contributed by atoms with Gasteiger partial charge in [-0.3, -0.25) is 4.79 Å². The predicted octanol–water partition coefficient (Wildman–Crippen LogP) is 1.48. The Bertz CT molecular complexity index is 517. The molecule has 1 atom stereocenters. The van der Waals surface area contributed by atoms with Crippen LogP contribution in [0.2, 0.25) is 0 Å². The van der Waals surface area contributed by atoms with Gasteiger partial charge in [0.05, 0.1) is 18.4 Å². The monoisotopic (exact) mass is 295 g/mol. The topological polar surface area (TPSA) is 75.5 Å². The minimum Gasteiger partial charge on any atom is -0.376 e. The SMILES string of the molecule is Cc1nsc(N(C)C(=O)COCC2CCCO2)c1C#N. The van der Waals surface area contributed by atoms with Gasteiger partial charge in [0.1, 0.15) is 23.2 Å². The summed E-state index contributed by atoms with van der Waals surface area (Å²) in [6, 6.07) is 2.07. The number of ether oxygens (including phenoxy) is 2. The molecule has 0 aliphatic carbocycles. The number of hydrogen-bond donors (Lipinski definition) is 0. The molecule has 7 heteroatoms. The molecule has 0 radical (unpaired) electrons. The Morgan fingerprint density at radius 2 is 2.50 bits per heavy atom. The van der Waals surface area contributed by atoms with Crippen molar-refractivity contribution in [1.82, 2.24) is 4.37 Å². The van der Waals surface area contributed by atoms with Crippen LogP contribution in [0.3, 0.4) is 0 Å². The molecule has 1 aromatic heterocycles. The second-order valence-electron chi connectivity index (χ2n) is 4.66. The molecule has 108 valence electrons. The van der Waals surface area contributed by atoms with Crippen LogP contribution >= 0.6 is 11.5 Å². The third-order valence-corrected chi connectivity index (χ3v) is 4.20. The van der Waals surface area contributed by atoms with E-state index in [9.17, 15) is 4.79 Å². The van der Waals surface area contributed by atoms with Gasteiger partial charge in [-0.05, 0) is 31.3 Å². The average molecular weight is 295 g/mol. The molecule has 1 saturated heterocycles. The number of amides is 1. The molecule has 0 aromatic carbocycles. The number of aromatic nitrogens is 1. The fourth-order valence-corrected chi connectivity index (χ4v) is 2.80. The van der Waals surface area contributed by atoms with Crippen LogP contribution in [0, 0.1) is 18.3 Å². The first-order chi connectivity index (χ1) is 9.63. The first-order valence-electron chi connectivity index (χ1n) is 6.45. The summed E-state index contributed by atoms with van der Waals surface area (Å²) in [5.41, 5.74) is 1.09. The van der Waals surface area contributed by atoms with Crippen molar-refractivity contribution in [3.8, 4) is 6.07 Å². The molecule has 0 spiro atoms. The lowest BCUT2D eigenvalue weighted by molar-refractivity contribution is -0.123. The van der Waals surface area contributed by atoms with E-state index >= 15 is 0 Å². The van der Waals surface area contributed by atoms with Crippen LogP contribution in [-0.4, -0.2) is 43.3 Å². The molecule has 1 amide bonds. The van der Waals surface area contributed by atoms with E-state index in [4.69, 9.17) is 14.7 Å². The number of anilines is 1. The maximum Gasteiger partial charge on any atom is 0.253 e. The first kappa shape index (κ1) is 14.9. The summed E-state index contributed by atoms with van der Waals surface area (Å²) in [5.74, 6) is -0.192. The van der Waals surface area contributed by atoms with Crippen molar-refractivity contribution in [2.45, 2.75) is 25.9 Å². The molecule has 1 aromatic rings. The molecule has 6 nitrogen and oxygen atoms in total. The number of likely N-dealkylation sites (N-methyl/N-ethyl adjacent to an activating group) is 1. The zero-order chi connectivity index (χ0) is 14.5. The highest BCUT2D eigenvalue weighted by molar-refractivity contribution is 7.10. The summed E-state index contributed by atoms with van der Waals surface area (Å²) in [5, 5.41) is 9.63. The maximum atomic E-state index is 12.0. The van der Waals surface area contributed by atoms with E-state index < -0.39 is 0 Å². The van der Waals surface area contributed by atoms with Gasteiger partial charge in [0.15, 0.2) is 0 Å². The van der Waals surface area contributed by atoms with Gasteiger partial charge in [-0.15, -0.1) is 0 Å². The fraction of sp³-hybridized carbons (Fsp3) is 0.615. The van der Waals surface area contributed by atoms with Crippen molar-refractivity contribution < 1.29 is 14.3 Å². The molecule has 0 bridgehead atoms. The van der Waals surface area contributed by atoms with Gasteiger partial charge in [-0.2, -0.15) is 9.64 Å². The Balaban J connectivity index is 1.86. The molecule has 2 rings (SSSR count). The number of nitrogens with zero attached hydrogens (tertiary/aromatic N) is 3. The quantitative estimate of drug-likeness (QED) is 0.822. The number of carbonyl (C=O) groups is 1. The lowest BCUT2D eigenvalue weighted by atomic mass is 10.2. The van der Waals surface area contributed by atoms with E-state index in [0.29, 0.717) is 22.9 Å². The van der Waals surface area contributed by atoms with E-state index in [1.54, 1.807) is 14.0 Å². The Kier molecular flexibility index (Phi) is 5.06. The van der Waals surface area contributed by atoms with Crippen molar-refractivity contribution in [2.24, 2.45) is 0 Å². The Morgan fingerprint density at radius 3 is 3.15 bits per heavy atom. The van der Waals surface area contributed by atoms with E-state index in [1.165, 1.54) is 4.90 Å². The molecule has 1 fully saturated rings. The number of carbonyl (C=O) groups excluding carboxylic acids is 1. The van der Waals surface area contributed by atoms with Gasteiger partial charge < -0.3 is 14.4 Å². The molecule has 1 aliphatic rings. The molecule has 2 heterocycles. The lowest BCUT2D eigenvalue weighted by Crippen LogP contribution is -2.31. The largest absolute Gasteiger partial charge is 0.376 e. The van der Waals surface area contributed by atoms with Gasteiger partial charge in [-0.1, -0.05) is 0 Å². The van der Waals surface area contributed by atoms with Crippen molar-refractivity contribution in [2.75, 3.05) is 31.8 Å². The standard InChI is InChI=1S/C13H17N3O3S/c1-9-11(6-14)13(20-15-9)16(2)12(17)8-18-7-10-4-3-5-19-10/h10H,3-5,7-8H2,1-2H3. The molecular weight excluding hydrogens is 278 g/mol. The maximum absolute atomic E-state index is 12.0. The normalized spacial score (nSPS) is 17.9. The molecule has 0 N–H and O–H groups in total. The molecule has 1 unspecified atom stereocenters. The Hall–Kier alpha value is -1.49. The molecular formula is C13H17N3O3S. The summed E-state index contributed by atoms with van der Waals surface area (Å²) in [4.78, 5) is 13.5. The van der Waals surface area contributed by atoms with Crippen molar-refractivity contribution in [3.63, 3.8) is 0 Å². The second kappa shape index (κ2) is 6.79. The van der Waals surface area contributed by atoms with Gasteiger partial charge in [0, 0.05) is 13.7 Å². The summed E-state index contributed by atoms with van der Waals surface area (Å²) in [7, 11) is 1.63. The highest BCUT2D eigenvalue weighted by atomic mass is 32.1. The average Bonchev–Trinajstić information content (AvgIpc) is 3.07. The summed E-state index contributed by atoms with van der Waals surface area (Å²) < 4.78 is 14.9. The minimum absolute atomic E-state index is 0.0157. The van der Waals surface area contributed by atoms with E-state index in [-0.39, 0.29) is 18.6 Å². The highest BCUT2D eigenvalue weighted by Crippen LogP contribution is 2.26. The van der Waals surface area contributed by atoms with E-state index in [2.05, 4.69) is 10.4 Å². The zero-order valence-corrected chi connectivity index (χ0v) is 12.4. The number of hydrogen-bond acceptors (Lipinski definition) is 6. The predicted molar refractivity (Wildman–Crippen MR) is 74.8 cm³/mol. The Labute approximate surface area is 122 Å².